The molecule has 6 heteroatoms. The summed E-state index contributed by atoms with van der Waals surface area (Å²) in [7, 11) is 3.99. The molecule has 1 spiro atoms. The maximum Gasteiger partial charge on any atom is 0.283 e. The maximum absolute atomic E-state index is 6.22. The molecule has 0 unspecified atom stereocenters. The van der Waals surface area contributed by atoms with E-state index in [4.69, 9.17) is 24.9 Å². The Labute approximate surface area is 184 Å². The average Bonchev–Trinajstić information content (AvgIpc) is 3.09. The number of hydrogen-bond donors (Lipinski definition) is 1. The van der Waals surface area contributed by atoms with Crippen LogP contribution in [0.4, 0.5) is 0 Å². The third-order valence-corrected chi connectivity index (χ3v) is 5.07. The lowest BCUT2D eigenvalue weighted by molar-refractivity contribution is 0.197. The van der Waals surface area contributed by atoms with Crippen molar-refractivity contribution in [2.24, 2.45) is 16.1 Å². The molecular formula is C25H29N3O3. The molecule has 2 N–H and O–H groups in total. The summed E-state index contributed by atoms with van der Waals surface area (Å²) in [5, 5.41) is 0. The molecule has 2 aromatic carbocycles. The summed E-state index contributed by atoms with van der Waals surface area (Å²) in [6.45, 7) is 8.01. The van der Waals surface area contributed by atoms with Crippen LogP contribution in [0.1, 0.15) is 37.5 Å². The second kappa shape index (κ2) is 7.82. The number of hydrogen-bond acceptors (Lipinski definition) is 6. The zero-order valence-electron chi connectivity index (χ0n) is 18.8. The Morgan fingerprint density at radius 2 is 1.84 bits per heavy atom. The predicted molar refractivity (Wildman–Crippen MR) is 122 cm³/mol. The van der Waals surface area contributed by atoms with Gasteiger partial charge in [-0.25, -0.2) is 4.99 Å². The zero-order chi connectivity index (χ0) is 22.2. The fourth-order valence-electron chi connectivity index (χ4n) is 3.60. The van der Waals surface area contributed by atoms with E-state index in [2.05, 4.69) is 32.6 Å². The van der Waals surface area contributed by atoms with Crippen molar-refractivity contribution in [2.75, 3.05) is 33.9 Å². The van der Waals surface area contributed by atoms with E-state index in [9.17, 15) is 0 Å². The number of fused-ring (bicyclic) bond motifs is 4. The standard InChI is InChI=1S/C25H29N3O3/c1-24(2,3)15-29-18-9-11-22-20(14-18)25(16-30-23(26)27-25)19-13-17(7-6-12-28(4)5)8-10-21(19)31-22/h8-11,13-14H,12,15-16H2,1-5H3,(H2,26,27)/t25-/m0/s1. The fraction of sp³-hybridized carbons (Fsp3) is 0.400. The van der Waals surface area contributed by atoms with E-state index >= 15 is 0 Å². The molecule has 162 valence electrons. The molecule has 0 radical (unpaired) electrons. The minimum Gasteiger partial charge on any atom is -0.493 e. The van der Waals surface area contributed by atoms with E-state index in [1.807, 2.05) is 55.4 Å². The van der Waals surface area contributed by atoms with Gasteiger partial charge >= 0.3 is 0 Å². The fourth-order valence-corrected chi connectivity index (χ4v) is 3.60. The highest BCUT2D eigenvalue weighted by Crippen LogP contribution is 2.51. The largest absolute Gasteiger partial charge is 0.493 e. The van der Waals surface area contributed by atoms with Crippen molar-refractivity contribution in [2.45, 2.75) is 26.3 Å². The van der Waals surface area contributed by atoms with Crippen molar-refractivity contribution in [3.05, 3.63) is 53.1 Å². The molecule has 2 aliphatic heterocycles. The molecule has 2 heterocycles. The van der Waals surface area contributed by atoms with Gasteiger partial charge in [-0.05, 0) is 55.9 Å². The zero-order valence-corrected chi connectivity index (χ0v) is 18.8. The number of benzene rings is 2. The molecule has 0 bridgehead atoms. The number of nitrogens with two attached hydrogens (primary N) is 1. The molecule has 0 aromatic heterocycles. The smallest absolute Gasteiger partial charge is 0.283 e. The van der Waals surface area contributed by atoms with Crippen molar-refractivity contribution < 1.29 is 14.2 Å². The highest BCUT2D eigenvalue weighted by atomic mass is 16.5. The van der Waals surface area contributed by atoms with Gasteiger partial charge in [-0.15, -0.1) is 0 Å². The number of ether oxygens (including phenoxy) is 3. The second-order valence-electron chi connectivity index (χ2n) is 9.46. The number of rotatable bonds is 3. The Morgan fingerprint density at radius 3 is 2.48 bits per heavy atom. The van der Waals surface area contributed by atoms with Crippen LogP contribution in [-0.2, 0) is 10.3 Å². The van der Waals surface area contributed by atoms with E-state index in [-0.39, 0.29) is 11.4 Å². The molecule has 0 saturated heterocycles. The van der Waals surface area contributed by atoms with Gasteiger partial charge in [0.2, 0.25) is 0 Å². The van der Waals surface area contributed by atoms with Crippen LogP contribution < -0.4 is 15.2 Å². The first-order valence-corrected chi connectivity index (χ1v) is 10.4. The highest BCUT2D eigenvalue weighted by molar-refractivity contribution is 5.77. The van der Waals surface area contributed by atoms with E-state index < -0.39 is 5.54 Å². The molecule has 0 aliphatic carbocycles. The van der Waals surface area contributed by atoms with Gasteiger partial charge in [0.05, 0.1) is 13.2 Å². The van der Waals surface area contributed by atoms with Crippen molar-refractivity contribution >= 4 is 6.02 Å². The van der Waals surface area contributed by atoms with Gasteiger partial charge in [0.15, 0.2) is 5.54 Å². The molecule has 0 saturated carbocycles. The normalized spacial score (nSPS) is 19.0. The van der Waals surface area contributed by atoms with Crippen LogP contribution in [-0.4, -0.2) is 44.8 Å². The lowest BCUT2D eigenvalue weighted by Crippen LogP contribution is -2.31. The molecule has 1 atom stereocenters. The Morgan fingerprint density at radius 1 is 1.13 bits per heavy atom. The molecule has 0 amide bonds. The van der Waals surface area contributed by atoms with Crippen LogP contribution in [0.15, 0.2) is 41.4 Å². The summed E-state index contributed by atoms with van der Waals surface area (Å²) >= 11 is 0. The quantitative estimate of drug-likeness (QED) is 0.768. The minimum atomic E-state index is -0.784. The van der Waals surface area contributed by atoms with E-state index in [1.54, 1.807) is 0 Å². The van der Waals surface area contributed by atoms with Crippen LogP contribution in [0.25, 0.3) is 0 Å². The lowest BCUT2D eigenvalue weighted by Gasteiger charge is -2.33. The van der Waals surface area contributed by atoms with Crippen molar-refractivity contribution in [1.29, 1.82) is 0 Å². The molecule has 6 nitrogen and oxygen atoms in total. The van der Waals surface area contributed by atoms with Gasteiger partial charge in [0.1, 0.15) is 23.9 Å². The first kappa shape index (κ1) is 21.1. The van der Waals surface area contributed by atoms with E-state index in [0.29, 0.717) is 19.8 Å². The first-order valence-electron chi connectivity index (χ1n) is 10.4. The molecule has 2 aliphatic rings. The summed E-state index contributed by atoms with van der Waals surface area (Å²) in [5.74, 6) is 8.63. The summed E-state index contributed by atoms with van der Waals surface area (Å²) in [6.07, 6.45) is 0. The van der Waals surface area contributed by atoms with Crippen LogP contribution in [0, 0.1) is 17.3 Å². The molecule has 4 rings (SSSR count). The van der Waals surface area contributed by atoms with Gasteiger partial charge in [-0.1, -0.05) is 32.6 Å². The van der Waals surface area contributed by atoms with Crippen LogP contribution >= 0.6 is 0 Å². The van der Waals surface area contributed by atoms with Gasteiger partial charge < -0.3 is 19.9 Å². The number of nitrogens with zero attached hydrogens (tertiary/aromatic N) is 2. The van der Waals surface area contributed by atoms with E-state index in [0.717, 1.165) is 33.9 Å². The third-order valence-electron chi connectivity index (χ3n) is 5.07. The predicted octanol–water partition coefficient (Wildman–Crippen LogP) is 3.72. The monoisotopic (exact) mass is 419 g/mol. The molecular weight excluding hydrogens is 390 g/mol. The Kier molecular flexibility index (Phi) is 5.32. The first-order chi connectivity index (χ1) is 14.7. The second-order valence-corrected chi connectivity index (χ2v) is 9.46. The van der Waals surface area contributed by atoms with Crippen molar-refractivity contribution in [3.8, 4) is 29.1 Å². The summed E-state index contributed by atoms with van der Waals surface area (Å²) in [6, 6.07) is 11.9. The van der Waals surface area contributed by atoms with Gasteiger partial charge in [0.25, 0.3) is 6.02 Å². The summed E-state index contributed by atoms with van der Waals surface area (Å²) in [4.78, 5) is 6.77. The van der Waals surface area contributed by atoms with Crippen LogP contribution in [0.3, 0.4) is 0 Å². The molecule has 31 heavy (non-hydrogen) atoms. The Balaban J connectivity index is 1.77. The third kappa shape index (κ3) is 4.33. The Bertz CT molecular complexity index is 1090. The van der Waals surface area contributed by atoms with Crippen LogP contribution in [0.5, 0.6) is 17.2 Å². The average molecular weight is 420 g/mol. The molecule has 0 fully saturated rings. The lowest BCUT2D eigenvalue weighted by atomic mass is 9.80. The topological polar surface area (TPSA) is 69.3 Å². The highest BCUT2D eigenvalue weighted by Gasteiger charge is 2.47. The SMILES string of the molecule is CN(C)CC#Cc1ccc2c(c1)[C@@]1(COC(N)=N1)c1cc(OCC(C)(C)C)ccc1O2. The molecule has 2 aromatic rings. The van der Waals surface area contributed by atoms with Gasteiger partial charge in [-0.3, -0.25) is 4.90 Å². The van der Waals surface area contributed by atoms with E-state index in [1.165, 1.54) is 0 Å². The Hall–Kier alpha value is -3.17. The summed E-state index contributed by atoms with van der Waals surface area (Å²) in [5.41, 5.74) is 7.92. The number of aliphatic imine (C=N–C) groups is 1. The maximum atomic E-state index is 6.22. The minimum absolute atomic E-state index is 0.0515. The summed E-state index contributed by atoms with van der Waals surface area (Å²) < 4.78 is 17.9. The van der Waals surface area contributed by atoms with Gasteiger partial charge in [-0.2, -0.15) is 0 Å². The van der Waals surface area contributed by atoms with Crippen molar-refractivity contribution in [3.63, 3.8) is 0 Å². The van der Waals surface area contributed by atoms with Gasteiger partial charge in [0, 0.05) is 16.7 Å². The van der Waals surface area contributed by atoms with Crippen molar-refractivity contribution in [1.82, 2.24) is 4.90 Å². The van der Waals surface area contributed by atoms with Crippen LogP contribution in [0.2, 0.25) is 0 Å². The number of amidine groups is 1.